The number of nitrogens with one attached hydrogen (secondary N) is 1. The molecule has 2 aliphatic rings. The predicted octanol–water partition coefficient (Wildman–Crippen LogP) is 4.52. The van der Waals surface area contributed by atoms with Crippen molar-refractivity contribution in [3.8, 4) is 5.75 Å². The van der Waals surface area contributed by atoms with Gasteiger partial charge < -0.3 is 24.6 Å². The standard InChI is InChI=1S/C21H26Cl2N6O3/c1-21(2,3)32-20(30)28-6-4-13(5-7-28)29-8-9-31-17-18(25-12-26-19(17)29)27-16-14(22)10-24-11-15(16)23/h10-13H,4-9H2,1-3H3,(H,24,25,26,27). The lowest BCUT2D eigenvalue weighted by Crippen LogP contribution is -2.50. The van der Waals surface area contributed by atoms with Gasteiger partial charge in [0.05, 0.1) is 22.3 Å². The third-order valence-electron chi connectivity index (χ3n) is 5.29. The van der Waals surface area contributed by atoms with Crippen LogP contribution in [0.2, 0.25) is 10.0 Å². The van der Waals surface area contributed by atoms with Crippen LogP contribution in [0.25, 0.3) is 0 Å². The monoisotopic (exact) mass is 480 g/mol. The van der Waals surface area contributed by atoms with Crippen LogP contribution in [0.1, 0.15) is 33.6 Å². The smallest absolute Gasteiger partial charge is 0.410 e. The van der Waals surface area contributed by atoms with Gasteiger partial charge in [-0.1, -0.05) is 23.2 Å². The average molecular weight is 481 g/mol. The summed E-state index contributed by atoms with van der Waals surface area (Å²) in [5, 5.41) is 3.92. The van der Waals surface area contributed by atoms with Gasteiger partial charge in [-0.3, -0.25) is 4.98 Å². The highest BCUT2D eigenvalue weighted by Gasteiger charge is 2.33. The second-order valence-corrected chi connectivity index (χ2v) is 9.53. The average Bonchev–Trinajstić information content (AvgIpc) is 2.75. The van der Waals surface area contributed by atoms with Crippen LogP contribution in [-0.2, 0) is 4.74 Å². The molecule has 172 valence electrons. The Balaban J connectivity index is 1.49. The Hall–Kier alpha value is -2.52. The van der Waals surface area contributed by atoms with Gasteiger partial charge in [-0.25, -0.2) is 14.8 Å². The van der Waals surface area contributed by atoms with Gasteiger partial charge in [-0.05, 0) is 33.6 Å². The molecule has 0 bridgehead atoms. The number of rotatable bonds is 3. The van der Waals surface area contributed by atoms with Crippen LogP contribution in [-0.4, -0.2) is 63.8 Å². The summed E-state index contributed by atoms with van der Waals surface area (Å²) in [4.78, 5) is 29.2. The molecule has 4 rings (SSSR count). The molecule has 1 N–H and O–H groups in total. The fourth-order valence-corrected chi connectivity index (χ4v) is 4.29. The molecule has 0 aliphatic carbocycles. The molecular weight excluding hydrogens is 455 g/mol. The van der Waals surface area contributed by atoms with Gasteiger partial charge in [-0.2, -0.15) is 0 Å². The van der Waals surface area contributed by atoms with Gasteiger partial charge in [0.2, 0.25) is 5.75 Å². The zero-order valence-corrected chi connectivity index (χ0v) is 19.8. The summed E-state index contributed by atoms with van der Waals surface area (Å²) < 4.78 is 11.4. The summed E-state index contributed by atoms with van der Waals surface area (Å²) >= 11 is 12.5. The van der Waals surface area contributed by atoms with Crippen molar-refractivity contribution >= 4 is 46.6 Å². The number of likely N-dealkylation sites (tertiary alicyclic amines) is 1. The maximum Gasteiger partial charge on any atom is 0.410 e. The second kappa shape index (κ2) is 9.15. The minimum atomic E-state index is -0.502. The minimum absolute atomic E-state index is 0.229. The number of halogens is 2. The summed E-state index contributed by atoms with van der Waals surface area (Å²) in [7, 11) is 0. The zero-order valence-electron chi connectivity index (χ0n) is 18.3. The lowest BCUT2D eigenvalue weighted by Gasteiger charge is -2.41. The molecule has 32 heavy (non-hydrogen) atoms. The molecule has 9 nitrogen and oxygen atoms in total. The van der Waals surface area contributed by atoms with E-state index >= 15 is 0 Å². The number of carbonyl (C=O) groups excluding carboxylic acids is 1. The van der Waals surface area contributed by atoms with Gasteiger partial charge in [-0.15, -0.1) is 0 Å². The van der Waals surface area contributed by atoms with Gasteiger partial charge in [0.1, 0.15) is 18.5 Å². The van der Waals surface area contributed by atoms with Gasteiger partial charge in [0, 0.05) is 31.5 Å². The van der Waals surface area contributed by atoms with E-state index in [1.54, 1.807) is 4.90 Å². The molecule has 4 heterocycles. The van der Waals surface area contributed by atoms with Gasteiger partial charge >= 0.3 is 6.09 Å². The van der Waals surface area contributed by atoms with E-state index in [0.717, 1.165) is 12.8 Å². The van der Waals surface area contributed by atoms with Gasteiger partial charge in [0.25, 0.3) is 0 Å². The van der Waals surface area contributed by atoms with Crippen molar-refractivity contribution in [3.05, 3.63) is 28.8 Å². The lowest BCUT2D eigenvalue weighted by atomic mass is 10.0. The number of piperidine rings is 1. The third kappa shape index (κ3) is 4.94. The molecule has 0 unspecified atom stereocenters. The van der Waals surface area contributed by atoms with Crippen LogP contribution < -0.4 is 15.0 Å². The van der Waals surface area contributed by atoms with E-state index in [1.807, 2.05) is 20.8 Å². The number of anilines is 3. The minimum Gasteiger partial charge on any atom is -0.485 e. The third-order valence-corrected chi connectivity index (χ3v) is 5.86. The topological polar surface area (TPSA) is 92.7 Å². The molecular formula is C21H26Cl2N6O3. The Morgan fingerprint density at radius 3 is 2.50 bits per heavy atom. The van der Waals surface area contributed by atoms with Crippen molar-refractivity contribution in [1.82, 2.24) is 19.9 Å². The van der Waals surface area contributed by atoms with Crippen LogP contribution >= 0.6 is 23.2 Å². The van der Waals surface area contributed by atoms with E-state index in [0.29, 0.717) is 59.4 Å². The first-order chi connectivity index (χ1) is 15.2. The van der Waals surface area contributed by atoms with Crippen molar-refractivity contribution in [3.63, 3.8) is 0 Å². The van der Waals surface area contributed by atoms with Crippen LogP contribution in [0.3, 0.4) is 0 Å². The maximum absolute atomic E-state index is 12.4. The number of pyridine rings is 1. The highest BCUT2D eigenvalue weighted by molar-refractivity contribution is 6.39. The number of ether oxygens (including phenoxy) is 2. The van der Waals surface area contributed by atoms with E-state index < -0.39 is 5.60 Å². The first kappa shape index (κ1) is 22.7. The highest BCUT2D eigenvalue weighted by atomic mass is 35.5. The fourth-order valence-electron chi connectivity index (χ4n) is 3.83. The van der Waals surface area contributed by atoms with Crippen LogP contribution in [0, 0.1) is 0 Å². The number of hydrogen-bond acceptors (Lipinski definition) is 8. The number of fused-ring (bicyclic) bond motifs is 1. The highest BCUT2D eigenvalue weighted by Crippen LogP contribution is 2.40. The van der Waals surface area contributed by atoms with E-state index in [-0.39, 0.29) is 12.1 Å². The second-order valence-electron chi connectivity index (χ2n) is 8.72. The molecule has 2 aromatic rings. The van der Waals surface area contributed by atoms with Crippen molar-refractivity contribution in [2.24, 2.45) is 0 Å². The molecule has 2 aliphatic heterocycles. The first-order valence-electron chi connectivity index (χ1n) is 10.5. The predicted molar refractivity (Wildman–Crippen MR) is 123 cm³/mol. The van der Waals surface area contributed by atoms with Crippen molar-refractivity contribution in [1.29, 1.82) is 0 Å². The molecule has 1 fully saturated rings. The molecule has 0 atom stereocenters. The van der Waals surface area contributed by atoms with E-state index in [4.69, 9.17) is 32.7 Å². The molecule has 0 saturated carbocycles. The number of amides is 1. The molecule has 0 spiro atoms. The van der Waals surface area contributed by atoms with Crippen LogP contribution in [0.4, 0.5) is 22.1 Å². The summed E-state index contributed by atoms with van der Waals surface area (Å²) in [6, 6.07) is 0.229. The summed E-state index contributed by atoms with van der Waals surface area (Å²) in [6.07, 6.45) is 5.87. The largest absolute Gasteiger partial charge is 0.485 e. The Morgan fingerprint density at radius 1 is 1.16 bits per heavy atom. The first-order valence-corrected chi connectivity index (χ1v) is 11.3. The molecule has 2 aromatic heterocycles. The van der Waals surface area contributed by atoms with E-state index in [9.17, 15) is 4.79 Å². The SMILES string of the molecule is CC(C)(C)OC(=O)N1CCC(N2CCOc3c(Nc4c(Cl)cncc4Cl)ncnc32)CC1. The number of aromatic nitrogens is 3. The molecule has 1 amide bonds. The van der Waals surface area contributed by atoms with Crippen LogP contribution in [0.5, 0.6) is 5.75 Å². The normalized spacial score (nSPS) is 16.9. The quantitative estimate of drug-likeness (QED) is 0.684. The van der Waals surface area contributed by atoms with E-state index in [2.05, 4.69) is 25.2 Å². The molecule has 0 aromatic carbocycles. The van der Waals surface area contributed by atoms with Crippen molar-refractivity contribution in [2.45, 2.75) is 45.3 Å². The molecule has 11 heteroatoms. The number of carbonyl (C=O) groups is 1. The zero-order chi connectivity index (χ0) is 22.9. The number of hydrogen-bond donors (Lipinski definition) is 1. The Bertz CT molecular complexity index is 972. The molecule has 0 radical (unpaired) electrons. The fraction of sp³-hybridized carbons (Fsp3) is 0.524. The molecule has 1 saturated heterocycles. The lowest BCUT2D eigenvalue weighted by molar-refractivity contribution is 0.0203. The summed E-state index contributed by atoms with van der Waals surface area (Å²) in [5.41, 5.74) is 0.00786. The maximum atomic E-state index is 12.4. The van der Waals surface area contributed by atoms with Crippen molar-refractivity contribution in [2.75, 3.05) is 36.5 Å². The summed E-state index contributed by atoms with van der Waals surface area (Å²) in [5.74, 6) is 1.75. The van der Waals surface area contributed by atoms with E-state index in [1.165, 1.54) is 18.7 Å². The van der Waals surface area contributed by atoms with Crippen LogP contribution in [0.15, 0.2) is 18.7 Å². The van der Waals surface area contributed by atoms with Crippen molar-refractivity contribution < 1.29 is 14.3 Å². The Kier molecular flexibility index (Phi) is 6.48. The Morgan fingerprint density at radius 2 is 1.84 bits per heavy atom. The Labute approximate surface area is 197 Å². The van der Waals surface area contributed by atoms with Gasteiger partial charge in [0.15, 0.2) is 11.6 Å². The summed E-state index contributed by atoms with van der Waals surface area (Å²) in [6.45, 7) is 8.09. The number of nitrogens with zero attached hydrogens (tertiary/aromatic N) is 5.